The van der Waals surface area contributed by atoms with Crippen molar-refractivity contribution in [2.75, 3.05) is 25.0 Å². The van der Waals surface area contributed by atoms with Crippen LogP contribution < -0.4 is 10.1 Å². The van der Waals surface area contributed by atoms with Crippen molar-refractivity contribution in [2.24, 2.45) is 0 Å². The van der Waals surface area contributed by atoms with Crippen LogP contribution in [0.1, 0.15) is 24.8 Å². The molecule has 1 aromatic heterocycles. The predicted molar refractivity (Wildman–Crippen MR) is 98.8 cm³/mol. The molecule has 0 spiro atoms. The molecule has 1 fully saturated rings. The number of carbonyl (C=O) groups excluding carboxylic acids is 1. The quantitative estimate of drug-likeness (QED) is 0.878. The highest BCUT2D eigenvalue weighted by Crippen LogP contribution is 2.17. The van der Waals surface area contributed by atoms with Gasteiger partial charge in [0, 0.05) is 31.5 Å². The number of hydrogen-bond donors (Lipinski definition) is 1. The number of ether oxygens (including phenoxy) is 1. The van der Waals surface area contributed by atoms with Gasteiger partial charge in [-0.05, 0) is 44.0 Å². The Balaban J connectivity index is 1.37. The Morgan fingerprint density at radius 1 is 1.24 bits per heavy atom. The number of amides is 1. The second-order valence-corrected chi connectivity index (χ2v) is 6.45. The van der Waals surface area contributed by atoms with Crippen LogP contribution in [0, 0.1) is 6.92 Å². The van der Waals surface area contributed by atoms with Crippen LogP contribution >= 0.6 is 0 Å². The van der Waals surface area contributed by atoms with Gasteiger partial charge >= 0.3 is 0 Å². The van der Waals surface area contributed by atoms with E-state index < -0.39 is 0 Å². The molecule has 3 rings (SSSR count). The molecule has 0 aliphatic carbocycles. The lowest BCUT2D eigenvalue weighted by atomic mass is 10.0. The lowest BCUT2D eigenvalue weighted by Gasteiger charge is -2.33. The van der Waals surface area contributed by atoms with Crippen LogP contribution in [0.5, 0.6) is 5.75 Å². The van der Waals surface area contributed by atoms with E-state index in [0.29, 0.717) is 19.1 Å². The third-order valence-electron chi connectivity index (χ3n) is 4.49. The van der Waals surface area contributed by atoms with Crippen LogP contribution in [0.4, 0.5) is 5.69 Å². The van der Waals surface area contributed by atoms with E-state index in [2.05, 4.69) is 10.3 Å². The number of benzene rings is 1. The predicted octanol–water partition coefficient (Wildman–Crippen LogP) is 3.26. The number of anilines is 1. The molecule has 1 saturated heterocycles. The second-order valence-electron chi connectivity index (χ2n) is 6.45. The molecule has 1 aromatic carbocycles. The molecule has 1 amide bonds. The van der Waals surface area contributed by atoms with Crippen LogP contribution in [0.25, 0.3) is 0 Å². The average molecular weight is 339 g/mol. The molecule has 0 radical (unpaired) electrons. The van der Waals surface area contributed by atoms with Crippen molar-refractivity contribution in [2.45, 2.75) is 32.2 Å². The summed E-state index contributed by atoms with van der Waals surface area (Å²) in [4.78, 5) is 18.4. The van der Waals surface area contributed by atoms with Gasteiger partial charge < -0.3 is 15.0 Å². The minimum atomic E-state index is 0.173. The van der Waals surface area contributed by atoms with Gasteiger partial charge in [-0.25, -0.2) is 0 Å². The van der Waals surface area contributed by atoms with Gasteiger partial charge in [0.1, 0.15) is 5.75 Å². The fourth-order valence-electron chi connectivity index (χ4n) is 3.01. The Kier molecular flexibility index (Phi) is 5.88. The lowest BCUT2D eigenvalue weighted by Crippen LogP contribution is -2.42. The maximum atomic E-state index is 12.3. The number of nitrogens with zero attached hydrogens (tertiary/aromatic N) is 2. The molecule has 132 valence electrons. The molecule has 5 heteroatoms. The third kappa shape index (κ3) is 5.21. The molecule has 0 saturated carbocycles. The van der Waals surface area contributed by atoms with E-state index >= 15 is 0 Å². The smallest absolute Gasteiger partial charge is 0.225 e. The lowest BCUT2D eigenvalue weighted by molar-refractivity contribution is -0.132. The Hall–Kier alpha value is -2.56. The SMILES string of the molecule is Cc1ccc(OCCC(=O)N2CCC(Nc3cccnc3)CC2)cc1. The van der Waals surface area contributed by atoms with Gasteiger partial charge in [0.15, 0.2) is 0 Å². The van der Waals surface area contributed by atoms with Gasteiger partial charge in [-0.15, -0.1) is 0 Å². The Morgan fingerprint density at radius 2 is 2.00 bits per heavy atom. The first-order chi connectivity index (χ1) is 12.2. The maximum absolute atomic E-state index is 12.3. The number of likely N-dealkylation sites (tertiary alicyclic amines) is 1. The summed E-state index contributed by atoms with van der Waals surface area (Å²) in [5.74, 6) is 0.990. The number of carbonyl (C=O) groups is 1. The maximum Gasteiger partial charge on any atom is 0.225 e. The molecular weight excluding hydrogens is 314 g/mol. The number of pyridine rings is 1. The first-order valence-corrected chi connectivity index (χ1v) is 8.84. The van der Waals surface area contributed by atoms with Crippen molar-refractivity contribution in [1.82, 2.24) is 9.88 Å². The molecule has 2 aromatic rings. The van der Waals surface area contributed by atoms with E-state index in [1.807, 2.05) is 54.4 Å². The highest BCUT2D eigenvalue weighted by Gasteiger charge is 2.22. The summed E-state index contributed by atoms with van der Waals surface area (Å²) in [7, 11) is 0. The first kappa shape index (κ1) is 17.3. The van der Waals surface area contributed by atoms with E-state index in [1.165, 1.54) is 5.56 Å². The molecule has 1 aliphatic rings. The molecule has 0 atom stereocenters. The molecule has 0 bridgehead atoms. The number of piperidine rings is 1. The van der Waals surface area contributed by atoms with Gasteiger partial charge in [-0.3, -0.25) is 9.78 Å². The number of hydrogen-bond acceptors (Lipinski definition) is 4. The monoisotopic (exact) mass is 339 g/mol. The average Bonchev–Trinajstić information content (AvgIpc) is 2.65. The van der Waals surface area contributed by atoms with Crippen LogP contribution in [0.3, 0.4) is 0 Å². The van der Waals surface area contributed by atoms with Crippen molar-refractivity contribution < 1.29 is 9.53 Å². The van der Waals surface area contributed by atoms with E-state index in [4.69, 9.17) is 4.74 Å². The van der Waals surface area contributed by atoms with E-state index in [1.54, 1.807) is 6.20 Å². The van der Waals surface area contributed by atoms with Gasteiger partial charge in [-0.2, -0.15) is 0 Å². The molecule has 2 heterocycles. The molecule has 25 heavy (non-hydrogen) atoms. The Bertz CT molecular complexity index is 665. The van der Waals surface area contributed by atoms with Crippen molar-refractivity contribution in [3.05, 3.63) is 54.4 Å². The number of aryl methyl sites for hydroxylation is 1. The van der Waals surface area contributed by atoms with Crippen molar-refractivity contribution in [3.63, 3.8) is 0 Å². The summed E-state index contributed by atoms with van der Waals surface area (Å²) in [6.45, 7) is 4.05. The minimum absolute atomic E-state index is 0.173. The summed E-state index contributed by atoms with van der Waals surface area (Å²) in [6, 6.07) is 12.2. The summed E-state index contributed by atoms with van der Waals surface area (Å²) >= 11 is 0. The van der Waals surface area contributed by atoms with Gasteiger partial charge in [0.25, 0.3) is 0 Å². The van der Waals surface area contributed by atoms with E-state index in [9.17, 15) is 4.79 Å². The van der Waals surface area contributed by atoms with Crippen molar-refractivity contribution >= 4 is 11.6 Å². The largest absolute Gasteiger partial charge is 0.493 e. The Labute approximate surface area is 149 Å². The third-order valence-corrected chi connectivity index (χ3v) is 4.49. The zero-order chi connectivity index (χ0) is 17.5. The fourth-order valence-corrected chi connectivity index (χ4v) is 3.01. The zero-order valence-corrected chi connectivity index (χ0v) is 14.6. The highest BCUT2D eigenvalue weighted by molar-refractivity contribution is 5.76. The number of rotatable bonds is 6. The van der Waals surface area contributed by atoms with Crippen LogP contribution in [-0.2, 0) is 4.79 Å². The van der Waals surface area contributed by atoms with E-state index in [-0.39, 0.29) is 5.91 Å². The van der Waals surface area contributed by atoms with E-state index in [0.717, 1.165) is 37.4 Å². The molecule has 1 aliphatic heterocycles. The van der Waals surface area contributed by atoms with Crippen LogP contribution in [0.15, 0.2) is 48.8 Å². The fraction of sp³-hybridized carbons (Fsp3) is 0.400. The molecule has 1 N–H and O–H groups in total. The highest BCUT2D eigenvalue weighted by atomic mass is 16.5. The molecular formula is C20H25N3O2. The van der Waals surface area contributed by atoms with Gasteiger partial charge in [0.2, 0.25) is 5.91 Å². The van der Waals surface area contributed by atoms with Crippen LogP contribution in [0.2, 0.25) is 0 Å². The number of nitrogens with one attached hydrogen (secondary N) is 1. The number of aromatic nitrogens is 1. The van der Waals surface area contributed by atoms with Gasteiger partial charge in [0.05, 0.1) is 18.7 Å². The summed E-state index contributed by atoms with van der Waals surface area (Å²) in [6.07, 6.45) is 5.94. The van der Waals surface area contributed by atoms with Gasteiger partial charge in [-0.1, -0.05) is 17.7 Å². The Morgan fingerprint density at radius 3 is 2.68 bits per heavy atom. The standard InChI is InChI=1S/C20H25N3O2/c1-16-4-6-19(7-5-16)25-14-10-20(24)23-12-8-17(9-13-23)22-18-3-2-11-21-15-18/h2-7,11,15,17,22H,8-10,12-14H2,1H3. The first-order valence-electron chi connectivity index (χ1n) is 8.84. The summed E-state index contributed by atoms with van der Waals surface area (Å²) < 4.78 is 5.66. The summed E-state index contributed by atoms with van der Waals surface area (Å²) in [5.41, 5.74) is 2.24. The minimum Gasteiger partial charge on any atom is -0.493 e. The second kappa shape index (κ2) is 8.51. The normalized spacial score (nSPS) is 15.0. The molecule has 0 unspecified atom stereocenters. The van der Waals surface area contributed by atoms with Crippen molar-refractivity contribution in [1.29, 1.82) is 0 Å². The zero-order valence-electron chi connectivity index (χ0n) is 14.6. The van der Waals surface area contributed by atoms with Crippen LogP contribution in [-0.4, -0.2) is 41.5 Å². The summed E-state index contributed by atoms with van der Waals surface area (Å²) in [5, 5.41) is 3.48. The topological polar surface area (TPSA) is 54.5 Å². The molecule has 5 nitrogen and oxygen atoms in total. The van der Waals surface area contributed by atoms with Crippen molar-refractivity contribution in [3.8, 4) is 5.75 Å².